The number of rotatable bonds is 3. The molecule has 1 unspecified atom stereocenters. The van der Waals surface area contributed by atoms with Gasteiger partial charge in [-0.25, -0.2) is 0 Å². The molecule has 0 aliphatic carbocycles. The number of thiophene rings is 1. The van der Waals surface area contributed by atoms with Crippen molar-refractivity contribution in [3.63, 3.8) is 0 Å². The van der Waals surface area contributed by atoms with Crippen molar-refractivity contribution in [3.05, 3.63) is 36.7 Å². The zero-order chi connectivity index (χ0) is 13.4. The van der Waals surface area contributed by atoms with E-state index in [1.807, 2.05) is 31.5 Å². The number of aliphatic hydroxyl groups excluding tert-OH is 1. The summed E-state index contributed by atoms with van der Waals surface area (Å²) in [6.07, 6.45) is 1.08. The Morgan fingerprint density at radius 1 is 1.39 bits per heavy atom. The van der Waals surface area contributed by atoms with Crippen LogP contribution in [0.5, 0.6) is 0 Å². The van der Waals surface area contributed by atoms with Crippen molar-refractivity contribution in [2.24, 2.45) is 0 Å². The minimum absolute atomic E-state index is 0.213. The average molecular weight is 394 g/mol. The highest BCUT2D eigenvalue weighted by molar-refractivity contribution is 9.11. The van der Waals surface area contributed by atoms with Gasteiger partial charge in [0, 0.05) is 10.9 Å². The van der Waals surface area contributed by atoms with Gasteiger partial charge >= 0.3 is 0 Å². The second kappa shape index (κ2) is 5.45. The van der Waals surface area contributed by atoms with Gasteiger partial charge in [-0.1, -0.05) is 0 Å². The molecule has 0 bridgehead atoms. The summed E-state index contributed by atoms with van der Waals surface area (Å²) in [6.45, 7) is 6.11. The van der Waals surface area contributed by atoms with E-state index in [4.69, 9.17) is 0 Å². The van der Waals surface area contributed by atoms with Gasteiger partial charge in [-0.3, -0.25) is 4.68 Å². The second-order valence-corrected chi connectivity index (χ2v) is 7.68. The molecule has 1 atom stereocenters. The van der Waals surface area contributed by atoms with E-state index in [1.54, 1.807) is 17.5 Å². The van der Waals surface area contributed by atoms with E-state index in [0.717, 1.165) is 24.4 Å². The molecule has 98 valence electrons. The summed E-state index contributed by atoms with van der Waals surface area (Å²) in [5.74, 6) is 0. The standard InChI is InChI=1S/C12H14Br2N2OS/c1-6(2)16-10(8(13)5-15-16)11(17)9-4-7(3)12(14)18-9/h4-6,11,17H,1-3H3. The van der Waals surface area contributed by atoms with Crippen LogP contribution in [-0.2, 0) is 0 Å². The lowest BCUT2D eigenvalue weighted by Crippen LogP contribution is -2.11. The van der Waals surface area contributed by atoms with E-state index >= 15 is 0 Å². The molecule has 2 heterocycles. The first-order valence-electron chi connectivity index (χ1n) is 5.58. The Bertz CT molecular complexity index is 543. The molecular formula is C12H14Br2N2OS. The zero-order valence-electron chi connectivity index (χ0n) is 10.3. The van der Waals surface area contributed by atoms with Crippen LogP contribution >= 0.6 is 43.2 Å². The SMILES string of the molecule is Cc1cc(C(O)c2c(Br)cnn2C(C)C)sc1Br. The van der Waals surface area contributed by atoms with E-state index in [2.05, 4.69) is 37.0 Å². The van der Waals surface area contributed by atoms with Gasteiger partial charge in [0.1, 0.15) is 6.10 Å². The molecule has 2 rings (SSSR count). The molecule has 2 aromatic rings. The summed E-state index contributed by atoms with van der Waals surface area (Å²) in [5, 5.41) is 14.8. The van der Waals surface area contributed by atoms with Crippen molar-refractivity contribution < 1.29 is 5.11 Å². The van der Waals surface area contributed by atoms with E-state index in [1.165, 1.54) is 0 Å². The number of hydrogen-bond donors (Lipinski definition) is 1. The lowest BCUT2D eigenvalue weighted by Gasteiger charge is -2.15. The van der Waals surface area contributed by atoms with Crippen LogP contribution in [0.15, 0.2) is 20.5 Å². The molecule has 0 saturated carbocycles. The lowest BCUT2D eigenvalue weighted by atomic mass is 10.2. The number of halogens is 2. The van der Waals surface area contributed by atoms with Crippen LogP contribution in [0.1, 0.15) is 42.1 Å². The van der Waals surface area contributed by atoms with Crippen molar-refractivity contribution in [1.82, 2.24) is 9.78 Å². The molecule has 0 saturated heterocycles. The molecule has 0 spiro atoms. The smallest absolute Gasteiger partial charge is 0.131 e. The van der Waals surface area contributed by atoms with Gasteiger partial charge in [0.25, 0.3) is 0 Å². The first-order valence-corrected chi connectivity index (χ1v) is 7.98. The Labute approximate surface area is 127 Å². The van der Waals surface area contributed by atoms with Crippen molar-refractivity contribution in [1.29, 1.82) is 0 Å². The Kier molecular flexibility index (Phi) is 4.31. The van der Waals surface area contributed by atoms with Crippen molar-refractivity contribution in [3.8, 4) is 0 Å². The highest BCUT2D eigenvalue weighted by Crippen LogP contribution is 2.37. The van der Waals surface area contributed by atoms with Gasteiger partial charge < -0.3 is 5.11 Å². The van der Waals surface area contributed by atoms with Crippen molar-refractivity contribution in [2.45, 2.75) is 32.9 Å². The van der Waals surface area contributed by atoms with Gasteiger partial charge in [-0.15, -0.1) is 11.3 Å². The van der Waals surface area contributed by atoms with Gasteiger partial charge in [-0.05, 0) is 64.3 Å². The highest BCUT2D eigenvalue weighted by atomic mass is 79.9. The molecule has 0 aromatic carbocycles. The molecule has 1 N–H and O–H groups in total. The third-order valence-electron chi connectivity index (χ3n) is 2.68. The van der Waals surface area contributed by atoms with Crippen molar-refractivity contribution in [2.75, 3.05) is 0 Å². The van der Waals surface area contributed by atoms with Crippen LogP contribution in [0, 0.1) is 6.92 Å². The van der Waals surface area contributed by atoms with Gasteiger partial charge in [0.15, 0.2) is 0 Å². The third-order valence-corrected chi connectivity index (χ3v) is 5.48. The maximum Gasteiger partial charge on any atom is 0.131 e. The molecule has 3 nitrogen and oxygen atoms in total. The van der Waals surface area contributed by atoms with Crippen LogP contribution in [0.25, 0.3) is 0 Å². The van der Waals surface area contributed by atoms with Crippen LogP contribution in [0.4, 0.5) is 0 Å². The van der Waals surface area contributed by atoms with Gasteiger partial charge in [0.2, 0.25) is 0 Å². The second-order valence-electron chi connectivity index (χ2n) is 4.42. The maximum absolute atomic E-state index is 10.5. The average Bonchev–Trinajstić information content (AvgIpc) is 2.83. The normalized spacial score (nSPS) is 13.3. The number of hydrogen-bond acceptors (Lipinski definition) is 3. The van der Waals surface area contributed by atoms with Crippen molar-refractivity contribution >= 4 is 43.2 Å². The number of aryl methyl sites for hydroxylation is 1. The summed E-state index contributed by atoms with van der Waals surface area (Å²) in [4.78, 5) is 0.919. The summed E-state index contributed by atoms with van der Waals surface area (Å²) in [7, 11) is 0. The number of aromatic nitrogens is 2. The summed E-state index contributed by atoms with van der Waals surface area (Å²) < 4.78 is 3.74. The predicted molar refractivity (Wildman–Crippen MR) is 81.1 cm³/mol. The number of nitrogens with zero attached hydrogens (tertiary/aromatic N) is 2. The molecule has 0 fully saturated rings. The maximum atomic E-state index is 10.5. The minimum Gasteiger partial charge on any atom is -0.381 e. The molecule has 2 aromatic heterocycles. The molecule has 0 aliphatic rings. The van der Waals surface area contributed by atoms with Crippen LogP contribution in [0.3, 0.4) is 0 Å². The third kappa shape index (κ3) is 2.57. The van der Waals surface area contributed by atoms with Crippen LogP contribution in [0.2, 0.25) is 0 Å². The topological polar surface area (TPSA) is 38.1 Å². The monoisotopic (exact) mass is 392 g/mol. The summed E-state index contributed by atoms with van der Waals surface area (Å²) in [5.41, 5.74) is 1.94. The molecule has 0 amide bonds. The molecule has 0 aliphatic heterocycles. The van der Waals surface area contributed by atoms with Crippen LogP contribution in [-0.4, -0.2) is 14.9 Å². The predicted octanol–water partition coefficient (Wildman–Crippen LogP) is 4.44. The van der Waals surface area contributed by atoms with Crippen LogP contribution < -0.4 is 0 Å². The zero-order valence-corrected chi connectivity index (χ0v) is 14.3. The Morgan fingerprint density at radius 2 is 2.06 bits per heavy atom. The Morgan fingerprint density at radius 3 is 2.56 bits per heavy atom. The lowest BCUT2D eigenvalue weighted by molar-refractivity contribution is 0.208. The van der Waals surface area contributed by atoms with Gasteiger partial charge in [0.05, 0.1) is 20.1 Å². The summed E-state index contributed by atoms with van der Waals surface area (Å²) in [6, 6.07) is 2.22. The first kappa shape index (κ1) is 14.2. The quantitative estimate of drug-likeness (QED) is 0.836. The van der Waals surface area contributed by atoms with E-state index in [9.17, 15) is 5.11 Å². The molecule has 6 heteroatoms. The van der Waals surface area contributed by atoms with Gasteiger partial charge in [-0.2, -0.15) is 5.10 Å². The minimum atomic E-state index is -0.653. The number of aliphatic hydroxyl groups is 1. The fourth-order valence-electron chi connectivity index (χ4n) is 1.77. The van der Waals surface area contributed by atoms with E-state index in [0.29, 0.717) is 0 Å². The summed E-state index contributed by atoms with van der Waals surface area (Å²) >= 11 is 8.50. The molecular weight excluding hydrogens is 380 g/mol. The highest BCUT2D eigenvalue weighted by Gasteiger charge is 2.22. The fourth-order valence-corrected chi connectivity index (χ4v) is 3.82. The van der Waals surface area contributed by atoms with E-state index < -0.39 is 6.10 Å². The Balaban J connectivity index is 2.45. The molecule has 18 heavy (non-hydrogen) atoms. The fraction of sp³-hybridized carbons (Fsp3) is 0.417. The Hall–Kier alpha value is -0.170. The first-order chi connectivity index (χ1) is 8.41. The largest absolute Gasteiger partial charge is 0.381 e. The molecule has 0 radical (unpaired) electrons. The van der Waals surface area contributed by atoms with E-state index in [-0.39, 0.29) is 6.04 Å².